The third-order valence-electron chi connectivity index (χ3n) is 4.41. The van der Waals surface area contributed by atoms with Crippen LogP contribution in [0, 0.1) is 0 Å². The Morgan fingerprint density at radius 3 is 2.79 bits per heavy atom. The molecule has 0 atom stereocenters. The topological polar surface area (TPSA) is 91.3 Å². The molecule has 3 N–H and O–H groups in total. The monoisotopic (exact) mass is 409 g/mol. The molecule has 149 valence electrons. The molecule has 9 heteroatoms. The quantitative estimate of drug-likeness (QED) is 0.499. The number of aliphatic imine (C=N–C) groups is 1. The molecule has 8 nitrogen and oxygen atoms in total. The Bertz CT molecular complexity index is 991. The lowest BCUT2D eigenvalue weighted by Gasteiger charge is -2.24. The van der Waals surface area contributed by atoms with Crippen LogP contribution < -0.4 is 15.5 Å². The molecule has 0 fully saturated rings. The number of amidine groups is 1. The van der Waals surface area contributed by atoms with Gasteiger partial charge in [-0.2, -0.15) is 10.1 Å². The Kier molecular flexibility index (Phi) is 5.41. The van der Waals surface area contributed by atoms with E-state index in [0.29, 0.717) is 12.5 Å². The average molecular weight is 410 g/mol. The molecule has 3 heterocycles. The Hall–Kier alpha value is -3.04. The highest BCUT2D eigenvalue weighted by Gasteiger charge is 2.37. The van der Waals surface area contributed by atoms with E-state index in [-0.39, 0.29) is 5.91 Å². The summed E-state index contributed by atoms with van der Waals surface area (Å²) in [7, 11) is 0. The zero-order chi connectivity index (χ0) is 20.4. The van der Waals surface area contributed by atoms with Gasteiger partial charge >= 0.3 is 0 Å². The van der Waals surface area contributed by atoms with E-state index in [9.17, 15) is 4.79 Å². The molecule has 0 saturated carbocycles. The summed E-state index contributed by atoms with van der Waals surface area (Å²) in [5.41, 5.74) is 1.87. The number of nitrogens with zero attached hydrogens (tertiary/aromatic N) is 4. The number of aromatic amines is 1. The second-order valence-electron chi connectivity index (χ2n) is 7.09. The molecule has 0 aliphatic carbocycles. The first kappa shape index (κ1) is 19.3. The summed E-state index contributed by atoms with van der Waals surface area (Å²) < 4.78 is 2.12. The number of benzene rings is 1. The number of H-pyrrole nitrogens is 1. The van der Waals surface area contributed by atoms with Crippen molar-refractivity contribution >= 4 is 35.2 Å². The number of rotatable bonds is 6. The van der Waals surface area contributed by atoms with Crippen LogP contribution in [0.2, 0.25) is 0 Å². The summed E-state index contributed by atoms with van der Waals surface area (Å²) in [5, 5.41) is 13.6. The fourth-order valence-electron chi connectivity index (χ4n) is 2.97. The Labute approximate surface area is 173 Å². The molecule has 0 bridgehead atoms. The van der Waals surface area contributed by atoms with E-state index in [4.69, 9.17) is 0 Å². The molecule has 29 heavy (non-hydrogen) atoms. The first-order valence-electron chi connectivity index (χ1n) is 9.37. The number of carbonyl (C=O) groups excluding carboxylic acids is 1. The predicted octanol–water partition coefficient (Wildman–Crippen LogP) is 3.75. The molecular formula is C20H23N7OS+. The van der Waals surface area contributed by atoms with Crippen LogP contribution in [0.25, 0.3) is 0 Å². The van der Waals surface area contributed by atoms with Crippen LogP contribution in [0.3, 0.4) is 0 Å². The SMILES string of the molecule is CC(=O)Nc1ccc(SN2C=C(Nc3cc(C(C)C)[nH]n3)[N+]3C=CN=C3C2)cc1. The lowest BCUT2D eigenvalue weighted by Crippen LogP contribution is -2.42. The molecule has 1 aromatic heterocycles. The zero-order valence-corrected chi connectivity index (χ0v) is 17.3. The number of hydrogen-bond donors (Lipinski definition) is 3. The maximum absolute atomic E-state index is 11.2. The number of hydrogen-bond acceptors (Lipinski definition) is 7. The summed E-state index contributed by atoms with van der Waals surface area (Å²) in [4.78, 5) is 18.7. The number of carbonyl (C=O) groups is 1. The van der Waals surface area contributed by atoms with Crippen molar-refractivity contribution in [2.45, 2.75) is 31.6 Å². The molecule has 2 aromatic rings. The highest BCUT2D eigenvalue weighted by Crippen LogP contribution is 2.29. The fraction of sp³-hybridized carbons (Fsp3) is 0.250. The summed E-state index contributed by atoms with van der Waals surface area (Å²) in [5.74, 6) is 2.90. The van der Waals surface area contributed by atoms with Gasteiger partial charge in [0.25, 0.3) is 11.7 Å². The van der Waals surface area contributed by atoms with Gasteiger partial charge in [0.05, 0.1) is 12.4 Å². The van der Waals surface area contributed by atoms with Crippen LogP contribution in [0.4, 0.5) is 11.5 Å². The first-order valence-corrected chi connectivity index (χ1v) is 10.1. The van der Waals surface area contributed by atoms with E-state index in [1.54, 1.807) is 18.1 Å². The summed E-state index contributed by atoms with van der Waals surface area (Å²) in [6, 6.07) is 9.79. The molecular weight excluding hydrogens is 386 g/mol. The maximum Gasteiger partial charge on any atom is 0.285 e. The number of anilines is 2. The van der Waals surface area contributed by atoms with E-state index >= 15 is 0 Å². The molecule has 0 spiro atoms. The lowest BCUT2D eigenvalue weighted by atomic mass is 10.1. The van der Waals surface area contributed by atoms with Crippen molar-refractivity contribution in [3.05, 3.63) is 60.4 Å². The van der Waals surface area contributed by atoms with E-state index in [0.717, 1.165) is 33.8 Å². The molecule has 4 rings (SSSR count). The van der Waals surface area contributed by atoms with E-state index in [1.807, 2.05) is 47.6 Å². The minimum absolute atomic E-state index is 0.0779. The van der Waals surface area contributed by atoms with Crippen molar-refractivity contribution in [2.75, 3.05) is 17.2 Å². The standard InChI is InChI=1S/C20H23N7OS/c1-13(2)17-10-18(25-24-17)23-20-12-26(11-19-21-8-9-27(19)20)29-16-6-4-15(5-7-16)22-14(3)28/h4-10,12-13H,11H2,1-3H3,(H,22,28)(H2,23,24,25)/q+1. The normalized spacial score (nSPS) is 15.9. The predicted molar refractivity (Wildman–Crippen MR) is 116 cm³/mol. The van der Waals surface area contributed by atoms with Crippen molar-refractivity contribution < 1.29 is 4.79 Å². The molecule has 1 amide bonds. The van der Waals surface area contributed by atoms with E-state index in [1.165, 1.54) is 6.92 Å². The summed E-state index contributed by atoms with van der Waals surface area (Å²) in [6.07, 6.45) is 5.78. The molecule has 1 radical (unpaired) electrons. The van der Waals surface area contributed by atoms with Crippen LogP contribution in [-0.2, 0) is 4.79 Å². The average Bonchev–Trinajstić information content (AvgIpc) is 3.32. The van der Waals surface area contributed by atoms with Crippen LogP contribution >= 0.6 is 11.9 Å². The third kappa shape index (κ3) is 4.52. The van der Waals surface area contributed by atoms with Crippen LogP contribution in [0.1, 0.15) is 32.4 Å². The Morgan fingerprint density at radius 2 is 2.10 bits per heavy atom. The molecule has 2 aliphatic rings. The van der Waals surface area contributed by atoms with Crippen molar-refractivity contribution in [3.63, 3.8) is 0 Å². The first-order chi connectivity index (χ1) is 14.0. The second-order valence-corrected chi connectivity index (χ2v) is 8.21. The number of nitrogens with one attached hydrogen (secondary N) is 3. The van der Waals surface area contributed by atoms with Crippen molar-refractivity contribution in [1.82, 2.24) is 19.4 Å². The van der Waals surface area contributed by atoms with Gasteiger partial charge < -0.3 is 5.32 Å². The van der Waals surface area contributed by atoms with E-state index < -0.39 is 0 Å². The highest BCUT2D eigenvalue weighted by molar-refractivity contribution is 7.97. The van der Waals surface area contributed by atoms with Crippen LogP contribution in [0.15, 0.2) is 64.6 Å². The van der Waals surface area contributed by atoms with Gasteiger partial charge in [-0.25, -0.2) is 0 Å². The summed E-state index contributed by atoms with van der Waals surface area (Å²) in [6.45, 7) is 6.43. The van der Waals surface area contributed by atoms with Gasteiger partial charge in [-0.3, -0.25) is 19.5 Å². The second kappa shape index (κ2) is 8.14. The fourth-order valence-corrected chi connectivity index (χ4v) is 3.83. The van der Waals surface area contributed by atoms with Gasteiger partial charge in [-0.05, 0) is 47.0 Å². The number of aromatic nitrogens is 2. The van der Waals surface area contributed by atoms with Crippen LogP contribution in [-0.4, -0.2) is 32.8 Å². The summed E-state index contributed by atoms with van der Waals surface area (Å²) >= 11 is 1.61. The molecule has 0 unspecified atom stereocenters. The minimum atomic E-state index is -0.0779. The maximum atomic E-state index is 11.2. The van der Waals surface area contributed by atoms with E-state index in [2.05, 4.69) is 44.0 Å². The minimum Gasteiger partial charge on any atom is -0.326 e. The molecule has 1 aromatic carbocycles. The molecule has 0 saturated heterocycles. The van der Waals surface area contributed by atoms with Gasteiger partial charge in [-0.15, -0.1) is 0 Å². The zero-order valence-electron chi connectivity index (χ0n) is 16.5. The lowest BCUT2D eigenvalue weighted by molar-refractivity contribution is -0.114. The van der Waals surface area contributed by atoms with Gasteiger partial charge in [0, 0.05) is 29.3 Å². The van der Waals surface area contributed by atoms with Crippen LogP contribution in [0.5, 0.6) is 0 Å². The van der Waals surface area contributed by atoms with Gasteiger partial charge in [0.2, 0.25) is 5.91 Å². The highest BCUT2D eigenvalue weighted by atomic mass is 32.2. The Balaban J connectivity index is 1.50. The third-order valence-corrected chi connectivity index (χ3v) is 5.37. The van der Waals surface area contributed by atoms with Crippen molar-refractivity contribution in [1.29, 1.82) is 0 Å². The van der Waals surface area contributed by atoms with Gasteiger partial charge in [-0.1, -0.05) is 13.8 Å². The largest absolute Gasteiger partial charge is 0.326 e. The van der Waals surface area contributed by atoms with Gasteiger partial charge in [0.15, 0.2) is 12.0 Å². The van der Waals surface area contributed by atoms with Crippen molar-refractivity contribution in [3.8, 4) is 0 Å². The smallest absolute Gasteiger partial charge is 0.285 e. The Morgan fingerprint density at radius 1 is 1.31 bits per heavy atom. The van der Waals surface area contributed by atoms with Crippen molar-refractivity contribution in [2.24, 2.45) is 4.99 Å². The number of amides is 1. The molecule has 2 aliphatic heterocycles. The van der Waals surface area contributed by atoms with Gasteiger partial charge in [0.1, 0.15) is 6.54 Å². The number of fused-ring (bicyclic) bond motifs is 1.